The summed E-state index contributed by atoms with van der Waals surface area (Å²) in [6.45, 7) is 0. The molecule has 0 N–H and O–H groups in total. The van der Waals surface area contributed by atoms with Gasteiger partial charge in [-0.1, -0.05) is 182 Å². The number of benzene rings is 7. The molecule has 0 aromatic heterocycles. The molecule has 7 aromatic carbocycles. The van der Waals surface area contributed by atoms with E-state index in [1.807, 2.05) is 0 Å². The van der Waals surface area contributed by atoms with Crippen LogP contribution in [0.15, 0.2) is 231 Å². The molecule has 2 atom stereocenters. The predicted molar refractivity (Wildman–Crippen MR) is 227 cm³/mol. The van der Waals surface area contributed by atoms with Crippen molar-refractivity contribution in [2.24, 2.45) is 0 Å². The Morgan fingerprint density at radius 3 is 0.870 bits per heavy atom. The topological polar surface area (TPSA) is 6.48 Å². The zero-order valence-corrected chi connectivity index (χ0v) is 30.0. The lowest BCUT2D eigenvalue weighted by Crippen LogP contribution is -2.25. The molecule has 7 aromatic rings. The zero-order valence-electron chi connectivity index (χ0n) is 30.0. The Bertz CT molecular complexity index is 2270. The first-order chi connectivity index (χ1) is 26.8. The highest BCUT2D eigenvalue weighted by Gasteiger charge is 2.28. The van der Waals surface area contributed by atoms with Crippen molar-refractivity contribution in [3.05, 3.63) is 264 Å². The predicted octanol–water partition coefficient (Wildman–Crippen LogP) is 13.1. The third kappa shape index (κ3) is 6.62. The third-order valence-corrected chi connectivity index (χ3v) is 10.4. The van der Waals surface area contributed by atoms with Crippen LogP contribution in [-0.2, 0) is 0 Å². The maximum absolute atomic E-state index is 2.44. The summed E-state index contributed by atoms with van der Waals surface area (Å²) in [6, 6.07) is 73.9. The normalized spacial score (nSPS) is 16.9. The number of rotatable bonds is 8. The fourth-order valence-corrected chi connectivity index (χ4v) is 7.75. The van der Waals surface area contributed by atoms with Crippen molar-refractivity contribution in [2.75, 3.05) is 9.80 Å². The van der Waals surface area contributed by atoms with E-state index in [1.54, 1.807) is 0 Å². The first-order valence-corrected chi connectivity index (χ1v) is 18.7. The second-order valence-electron chi connectivity index (χ2n) is 13.8. The smallest absolute Gasteiger partial charge is 0.0779 e. The van der Waals surface area contributed by atoms with Gasteiger partial charge in [-0.25, -0.2) is 0 Å². The molecule has 2 aliphatic rings. The molecule has 0 saturated carbocycles. The monoisotopic (exact) mass is 692 g/mol. The van der Waals surface area contributed by atoms with E-state index in [-0.39, 0.29) is 12.1 Å². The molecule has 2 aliphatic heterocycles. The van der Waals surface area contributed by atoms with E-state index < -0.39 is 0 Å². The van der Waals surface area contributed by atoms with Gasteiger partial charge in [0.15, 0.2) is 0 Å². The van der Waals surface area contributed by atoms with Gasteiger partial charge in [-0.3, -0.25) is 0 Å². The number of hydrogen-bond acceptors (Lipinski definition) is 2. The van der Waals surface area contributed by atoms with Crippen LogP contribution in [0.4, 0.5) is 11.4 Å². The lowest BCUT2D eigenvalue weighted by molar-refractivity contribution is 0.840. The molecule has 258 valence electrons. The fourth-order valence-electron chi connectivity index (χ4n) is 7.75. The van der Waals surface area contributed by atoms with Gasteiger partial charge in [0.05, 0.1) is 12.1 Å². The molecule has 0 fully saturated rings. The summed E-state index contributed by atoms with van der Waals surface area (Å²) < 4.78 is 0. The maximum atomic E-state index is 2.44. The molecule has 54 heavy (non-hydrogen) atoms. The summed E-state index contributed by atoms with van der Waals surface area (Å²) >= 11 is 0. The molecule has 2 unspecified atom stereocenters. The molecular formula is C52H40N2. The lowest BCUT2D eigenvalue weighted by atomic mass is 9.84. The molecule has 2 heteroatoms. The van der Waals surface area contributed by atoms with Crippen LogP contribution < -0.4 is 9.80 Å². The van der Waals surface area contributed by atoms with Crippen molar-refractivity contribution in [1.82, 2.24) is 0 Å². The second kappa shape index (κ2) is 15.0. The van der Waals surface area contributed by atoms with Crippen LogP contribution >= 0.6 is 0 Å². The SMILES string of the molecule is C1=C(c2ccccc2)C(c2ccc(C3=CC(c4ccccc4)N(c4ccccc4)C=C3c3ccccc3)cc2)=CC(c2ccccc2)N1c1ccccc1. The van der Waals surface area contributed by atoms with Crippen LogP contribution in [0.2, 0.25) is 0 Å². The van der Waals surface area contributed by atoms with Gasteiger partial charge in [-0.2, -0.15) is 0 Å². The number of para-hydroxylation sites is 2. The second-order valence-corrected chi connectivity index (χ2v) is 13.8. The number of hydrogen-bond donors (Lipinski definition) is 0. The van der Waals surface area contributed by atoms with Crippen LogP contribution in [0.5, 0.6) is 0 Å². The van der Waals surface area contributed by atoms with Gasteiger partial charge < -0.3 is 9.80 Å². The Balaban J connectivity index is 1.17. The molecule has 2 heterocycles. The van der Waals surface area contributed by atoms with Gasteiger partial charge in [0, 0.05) is 34.9 Å². The summed E-state index contributed by atoms with van der Waals surface area (Å²) in [4.78, 5) is 4.81. The zero-order chi connectivity index (χ0) is 36.1. The van der Waals surface area contributed by atoms with Crippen LogP contribution in [0.25, 0.3) is 22.3 Å². The van der Waals surface area contributed by atoms with Crippen molar-refractivity contribution in [1.29, 1.82) is 0 Å². The standard InChI is InChI=1S/C52H40N2/c1-7-19-39(20-8-1)49-37-53(45-27-15-5-16-28-45)51(43-23-11-3-12-24-43)35-47(49)41-31-33-42(34-32-41)48-36-52(44-25-13-4-14-26-44)54(46-29-17-6-18-30-46)38-50(48)40-21-9-2-10-22-40/h1-38,51-52H. The van der Waals surface area contributed by atoms with Crippen molar-refractivity contribution < 1.29 is 0 Å². The van der Waals surface area contributed by atoms with E-state index in [1.165, 1.54) is 55.7 Å². The third-order valence-electron chi connectivity index (χ3n) is 10.4. The maximum Gasteiger partial charge on any atom is 0.0779 e. The Hall–Kier alpha value is -6.90. The van der Waals surface area contributed by atoms with E-state index in [4.69, 9.17) is 0 Å². The summed E-state index contributed by atoms with van der Waals surface area (Å²) in [7, 11) is 0. The minimum atomic E-state index is 0.0278. The van der Waals surface area contributed by atoms with Crippen LogP contribution in [0.3, 0.4) is 0 Å². The summed E-state index contributed by atoms with van der Waals surface area (Å²) in [5.74, 6) is 0. The Labute approximate surface area is 318 Å². The van der Waals surface area contributed by atoms with Crippen molar-refractivity contribution >= 4 is 33.7 Å². The Morgan fingerprint density at radius 1 is 0.259 bits per heavy atom. The average molecular weight is 693 g/mol. The van der Waals surface area contributed by atoms with Gasteiger partial charge >= 0.3 is 0 Å². The quantitative estimate of drug-likeness (QED) is 0.156. The van der Waals surface area contributed by atoms with Gasteiger partial charge in [0.1, 0.15) is 0 Å². The largest absolute Gasteiger partial charge is 0.336 e. The van der Waals surface area contributed by atoms with E-state index in [0.717, 1.165) is 11.4 Å². The number of anilines is 2. The highest BCUT2D eigenvalue weighted by Crippen LogP contribution is 2.45. The summed E-state index contributed by atoms with van der Waals surface area (Å²) in [5, 5.41) is 0. The number of allylic oxidation sites excluding steroid dienone is 4. The molecule has 2 nitrogen and oxygen atoms in total. The first kappa shape index (κ1) is 33.0. The van der Waals surface area contributed by atoms with Gasteiger partial charge in [-0.15, -0.1) is 0 Å². The van der Waals surface area contributed by atoms with Crippen LogP contribution in [0.1, 0.15) is 45.5 Å². The molecule has 0 spiro atoms. The summed E-state index contributed by atoms with van der Waals surface area (Å²) in [5.41, 5.74) is 14.4. The van der Waals surface area contributed by atoms with Gasteiger partial charge in [0.25, 0.3) is 0 Å². The van der Waals surface area contributed by atoms with Gasteiger partial charge in [0.2, 0.25) is 0 Å². The minimum Gasteiger partial charge on any atom is -0.336 e. The molecule has 0 aliphatic carbocycles. The van der Waals surface area contributed by atoms with Gasteiger partial charge in [-0.05, 0) is 80.9 Å². The molecule has 0 amide bonds. The lowest BCUT2D eigenvalue weighted by Gasteiger charge is -2.36. The molecule has 9 rings (SSSR count). The van der Waals surface area contributed by atoms with Crippen LogP contribution in [-0.4, -0.2) is 0 Å². The van der Waals surface area contributed by atoms with E-state index in [9.17, 15) is 0 Å². The minimum absolute atomic E-state index is 0.0278. The molecular weight excluding hydrogens is 653 g/mol. The van der Waals surface area contributed by atoms with E-state index >= 15 is 0 Å². The van der Waals surface area contributed by atoms with E-state index in [2.05, 4.69) is 241 Å². The van der Waals surface area contributed by atoms with Crippen LogP contribution in [0, 0.1) is 0 Å². The summed E-state index contributed by atoms with van der Waals surface area (Å²) in [6.07, 6.45) is 9.57. The molecule has 0 saturated heterocycles. The van der Waals surface area contributed by atoms with E-state index in [0.29, 0.717) is 0 Å². The number of nitrogens with zero attached hydrogens (tertiary/aromatic N) is 2. The first-order valence-electron chi connectivity index (χ1n) is 18.7. The highest BCUT2D eigenvalue weighted by molar-refractivity contribution is 6.09. The van der Waals surface area contributed by atoms with Crippen molar-refractivity contribution in [3.63, 3.8) is 0 Å². The van der Waals surface area contributed by atoms with Crippen molar-refractivity contribution in [3.8, 4) is 0 Å². The molecule has 0 bridgehead atoms. The molecule has 0 radical (unpaired) electrons. The average Bonchev–Trinajstić information content (AvgIpc) is 3.27. The highest BCUT2D eigenvalue weighted by atomic mass is 15.2. The Kier molecular flexibility index (Phi) is 9.15. The Morgan fingerprint density at radius 2 is 0.537 bits per heavy atom. The fraction of sp³-hybridized carbons (Fsp3) is 0.0385. The van der Waals surface area contributed by atoms with Crippen molar-refractivity contribution in [2.45, 2.75) is 12.1 Å².